The summed E-state index contributed by atoms with van der Waals surface area (Å²) >= 11 is 0. The van der Waals surface area contributed by atoms with Crippen molar-refractivity contribution in [3.63, 3.8) is 0 Å². The monoisotopic (exact) mass is 212 g/mol. The molecule has 1 amide bonds. The number of carbonyl (C=O) groups is 1. The highest BCUT2D eigenvalue weighted by Gasteiger charge is 2.36. The van der Waals surface area contributed by atoms with Gasteiger partial charge in [0.25, 0.3) is 0 Å². The van der Waals surface area contributed by atoms with E-state index in [0.717, 1.165) is 12.8 Å². The van der Waals surface area contributed by atoms with E-state index in [0.29, 0.717) is 11.8 Å². The SMILES string of the molecule is CC(C)CC1NC(CC(C)C)N(C)C1=O. The molecule has 1 aliphatic rings. The van der Waals surface area contributed by atoms with Gasteiger partial charge >= 0.3 is 0 Å². The first-order valence-electron chi connectivity index (χ1n) is 5.94. The molecule has 0 bridgehead atoms. The Morgan fingerprint density at radius 1 is 1.20 bits per heavy atom. The zero-order valence-corrected chi connectivity index (χ0v) is 10.6. The quantitative estimate of drug-likeness (QED) is 0.771. The zero-order valence-electron chi connectivity index (χ0n) is 10.6. The van der Waals surface area contributed by atoms with Gasteiger partial charge < -0.3 is 4.90 Å². The van der Waals surface area contributed by atoms with Gasteiger partial charge in [0.1, 0.15) is 0 Å². The first kappa shape index (κ1) is 12.5. The fraction of sp³-hybridized carbons (Fsp3) is 0.917. The maximum absolute atomic E-state index is 11.9. The minimum Gasteiger partial charge on any atom is -0.329 e. The average molecular weight is 212 g/mol. The van der Waals surface area contributed by atoms with E-state index in [1.54, 1.807) is 0 Å². The first-order chi connectivity index (χ1) is 6.91. The number of hydrogen-bond acceptors (Lipinski definition) is 2. The van der Waals surface area contributed by atoms with Crippen LogP contribution in [-0.4, -0.2) is 30.1 Å². The molecule has 0 aromatic rings. The summed E-state index contributed by atoms with van der Waals surface area (Å²) in [4.78, 5) is 13.8. The van der Waals surface area contributed by atoms with Crippen LogP contribution in [0.1, 0.15) is 40.5 Å². The summed E-state index contributed by atoms with van der Waals surface area (Å²) in [5, 5.41) is 3.43. The highest BCUT2D eigenvalue weighted by atomic mass is 16.2. The second kappa shape index (κ2) is 4.97. The van der Waals surface area contributed by atoms with E-state index < -0.39 is 0 Å². The largest absolute Gasteiger partial charge is 0.329 e. The second-order valence-electron chi connectivity index (χ2n) is 5.44. The molecule has 1 fully saturated rings. The van der Waals surface area contributed by atoms with Crippen molar-refractivity contribution in [3.8, 4) is 0 Å². The first-order valence-corrected chi connectivity index (χ1v) is 5.94. The van der Waals surface area contributed by atoms with E-state index in [1.165, 1.54) is 0 Å². The Balaban J connectivity index is 2.55. The van der Waals surface area contributed by atoms with Gasteiger partial charge in [-0.25, -0.2) is 0 Å². The van der Waals surface area contributed by atoms with Gasteiger partial charge in [-0.3, -0.25) is 10.1 Å². The molecule has 0 aliphatic carbocycles. The summed E-state index contributed by atoms with van der Waals surface area (Å²) in [6.07, 6.45) is 2.22. The molecule has 1 rings (SSSR count). The minimum atomic E-state index is 0.0405. The molecule has 0 spiro atoms. The van der Waals surface area contributed by atoms with Crippen molar-refractivity contribution in [1.82, 2.24) is 10.2 Å². The van der Waals surface area contributed by atoms with Crippen LogP contribution in [0.25, 0.3) is 0 Å². The summed E-state index contributed by atoms with van der Waals surface area (Å²) in [5.74, 6) is 1.45. The van der Waals surface area contributed by atoms with Gasteiger partial charge in [-0.05, 0) is 24.7 Å². The van der Waals surface area contributed by atoms with E-state index in [2.05, 4.69) is 33.0 Å². The van der Waals surface area contributed by atoms with Crippen molar-refractivity contribution in [2.75, 3.05) is 7.05 Å². The third-order valence-corrected chi connectivity index (χ3v) is 2.91. The molecular weight excluding hydrogens is 188 g/mol. The van der Waals surface area contributed by atoms with Gasteiger partial charge in [-0.15, -0.1) is 0 Å². The highest BCUT2D eigenvalue weighted by Crippen LogP contribution is 2.19. The van der Waals surface area contributed by atoms with Gasteiger partial charge in [-0.1, -0.05) is 27.7 Å². The molecule has 0 aromatic carbocycles. The molecule has 15 heavy (non-hydrogen) atoms. The van der Waals surface area contributed by atoms with Crippen LogP contribution in [0.15, 0.2) is 0 Å². The molecule has 2 unspecified atom stereocenters. The number of nitrogens with one attached hydrogen (secondary N) is 1. The van der Waals surface area contributed by atoms with Crippen molar-refractivity contribution >= 4 is 5.91 Å². The van der Waals surface area contributed by atoms with Crippen LogP contribution in [0.4, 0.5) is 0 Å². The predicted molar refractivity (Wildman–Crippen MR) is 62.4 cm³/mol. The lowest BCUT2D eigenvalue weighted by atomic mass is 10.0. The van der Waals surface area contributed by atoms with E-state index in [1.807, 2.05) is 11.9 Å². The summed E-state index contributed by atoms with van der Waals surface area (Å²) in [6, 6.07) is 0.0405. The molecule has 88 valence electrons. The molecular formula is C12H24N2O. The van der Waals surface area contributed by atoms with Crippen molar-refractivity contribution in [3.05, 3.63) is 0 Å². The van der Waals surface area contributed by atoms with Crippen molar-refractivity contribution in [1.29, 1.82) is 0 Å². The van der Waals surface area contributed by atoms with Crippen LogP contribution in [0.5, 0.6) is 0 Å². The van der Waals surface area contributed by atoms with E-state index in [9.17, 15) is 4.79 Å². The van der Waals surface area contributed by atoms with Gasteiger partial charge in [0.05, 0.1) is 12.2 Å². The van der Waals surface area contributed by atoms with Crippen LogP contribution >= 0.6 is 0 Å². The maximum Gasteiger partial charge on any atom is 0.240 e. The van der Waals surface area contributed by atoms with E-state index >= 15 is 0 Å². The van der Waals surface area contributed by atoms with Gasteiger partial charge in [0.2, 0.25) is 5.91 Å². The Labute approximate surface area is 93.2 Å². The minimum absolute atomic E-state index is 0.0405. The number of likely N-dealkylation sites (N-methyl/N-ethyl adjacent to an activating group) is 1. The lowest BCUT2D eigenvalue weighted by Gasteiger charge is -2.20. The van der Waals surface area contributed by atoms with Crippen LogP contribution in [0.3, 0.4) is 0 Å². The number of nitrogens with zero attached hydrogens (tertiary/aromatic N) is 1. The van der Waals surface area contributed by atoms with Crippen LogP contribution < -0.4 is 5.32 Å². The van der Waals surface area contributed by atoms with Crippen molar-refractivity contribution in [2.45, 2.75) is 52.7 Å². The normalized spacial score (nSPS) is 27.1. The lowest BCUT2D eigenvalue weighted by molar-refractivity contribution is -0.129. The molecule has 1 aliphatic heterocycles. The van der Waals surface area contributed by atoms with Gasteiger partial charge in [0.15, 0.2) is 0 Å². The second-order valence-corrected chi connectivity index (χ2v) is 5.44. The summed E-state index contributed by atoms with van der Waals surface area (Å²) in [5.41, 5.74) is 0. The van der Waals surface area contributed by atoms with Crippen LogP contribution in [0, 0.1) is 11.8 Å². The number of amides is 1. The average Bonchev–Trinajstić information content (AvgIpc) is 2.32. The van der Waals surface area contributed by atoms with Gasteiger partial charge in [-0.2, -0.15) is 0 Å². The summed E-state index contributed by atoms with van der Waals surface area (Å²) < 4.78 is 0. The van der Waals surface area contributed by atoms with E-state index in [4.69, 9.17) is 0 Å². The molecule has 3 heteroatoms. The number of carbonyl (C=O) groups excluding carboxylic acids is 1. The van der Waals surface area contributed by atoms with Crippen LogP contribution in [-0.2, 0) is 4.79 Å². The van der Waals surface area contributed by atoms with Crippen LogP contribution in [0.2, 0.25) is 0 Å². The third kappa shape index (κ3) is 3.20. The zero-order chi connectivity index (χ0) is 11.6. The Kier molecular flexibility index (Phi) is 4.14. The molecule has 1 heterocycles. The Morgan fingerprint density at radius 3 is 2.20 bits per heavy atom. The third-order valence-electron chi connectivity index (χ3n) is 2.91. The fourth-order valence-electron chi connectivity index (χ4n) is 2.13. The summed E-state index contributed by atoms with van der Waals surface area (Å²) in [6.45, 7) is 8.70. The van der Waals surface area contributed by atoms with Gasteiger partial charge in [0, 0.05) is 7.05 Å². The number of rotatable bonds is 4. The maximum atomic E-state index is 11.9. The Hall–Kier alpha value is -0.570. The standard InChI is InChI=1S/C12H24N2O/c1-8(2)6-10-12(15)14(5)11(13-10)7-9(3)4/h8-11,13H,6-7H2,1-5H3. The molecule has 2 atom stereocenters. The van der Waals surface area contributed by atoms with Crippen molar-refractivity contribution < 1.29 is 4.79 Å². The fourth-order valence-corrected chi connectivity index (χ4v) is 2.13. The Morgan fingerprint density at radius 2 is 1.73 bits per heavy atom. The van der Waals surface area contributed by atoms with Crippen molar-refractivity contribution in [2.24, 2.45) is 11.8 Å². The molecule has 1 saturated heterocycles. The predicted octanol–water partition coefficient (Wildman–Crippen LogP) is 1.83. The molecule has 0 saturated carbocycles. The molecule has 3 nitrogen and oxygen atoms in total. The molecule has 0 aromatic heterocycles. The lowest BCUT2D eigenvalue weighted by Crippen LogP contribution is -2.36. The number of hydrogen-bond donors (Lipinski definition) is 1. The Bertz CT molecular complexity index is 226. The topological polar surface area (TPSA) is 32.3 Å². The molecule has 0 radical (unpaired) electrons. The molecule has 1 N–H and O–H groups in total. The smallest absolute Gasteiger partial charge is 0.240 e. The summed E-state index contributed by atoms with van der Waals surface area (Å²) in [7, 11) is 1.91. The van der Waals surface area contributed by atoms with E-state index in [-0.39, 0.29) is 18.1 Å². The highest BCUT2D eigenvalue weighted by molar-refractivity contribution is 5.84.